The van der Waals surface area contributed by atoms with Crippen LogP contribution < -0.4 is 5.32 Å². The molecule has 2 aromatic carbocycles. The van der Waals surface area contributed by atoms with Crippen molar-refractivity contribution in [3.8, 4) is 0 Å². The zero-order chi connectivity index (χ0) is 18.0. The molecule has 1 fully saturated rings. The number of halogens is 2. The van der Waals surface area contributed by atoms with Crippen LogP contribution in [-0.2, 0) is 14.3 Å². The lowest BCUT2D eigenvalue weighted by Gasteiger charge is -2.17. The molecule has 25 heavy (non-hydrogen) atoms. The maximum absolute atomic E-state index is 13.0. The van der Waals surface area contributed by atoms with Crippen molar-refractivity contribution in [3.63, 3.8) is 0 Å². The Hall–Kier alpha value is -2.21. The molecule has 1 saturated carbocycles. The average molecular weight is 406 g/mol. The molecule has 0 radical (unpaired) electrons. The lowest BCUT2D eigenvalue weighted by atomic mass is 10.1. The van der Waals surface area contributed by atoms with Gasteiger partial charge >= 0.3 is 5.97 Å². The van der Waals surface area contributed by atoms with Crippen LogP contribution in [0.4, 0.5) is 4.39 Å². The molecule has 2 aromatic rings. The van der Waals surface area contributed by atoms with Crippen LogP contribution >= 0.6 is 15.9 Å². The molecule has 0 bridgehead atoms. The Morgan fingerprint density at radius 1 is 1.16 bits per heavy atom. The van der Waals surface area contributed by atoms with Gasteiger partial charge in [0.2, 0.25) is 5.91 Å². The highest BCUT2D eigenvalue weighted by atomic mass is 79.9. The topological polar surface area (TPSA) is 55.4 Å². The highest BCUT2D eigenvalue weighted by Gasteiger charge is 2.45. The predicted octanol–water partition coefficient (Wildman–Crippen LogP) is 3.72. The third kappa shape index (κ3) is 4.07. The smallest absolute Gasteiger partial charge is 0.333 e. The van der Waals surface area contributed by atoms with E-state index in [1.165, 1.54) is 19.2 Å². The third-order valence-electron chi connectivity index (χ3n) is 4.35. The predicted molar refractivity (Wildman–Crippen MR) is 94.3 cm³/mol. The molecular formula is C19H17BrFNO3. The number of nitrogens with one attached hydrogen (secondary N) is 1. The second-order valence-corrected chi connectivity index (χ2v) is 6.93. The van der Waals surface area contributed by atoms with Gasteiger partial charge in [0.1, 0.15) is 5.82 Å². The molecule has 0 spiro atoms. The van der Waals surface area contributed by atoms with Crippen molar-refractivity contribution < 1.29 is 18.7 Å². The Kier molecular flexibility index (Phi) is 5.18. The Morgan fingerprint density at radius 3 is 2.40 bits per heavy atom. The lowest BCUT2D eigenvalue weighted by molar-refractivity contribution is -0.145. The summed E-state index contributed by atoms with van der Waals surface area (Å²) in [5.74, 6) is -1.18. The van der Waals surface area contributed by atoms with Crippen molar-refractivity contribution in [2.75, 3.05) is 7.11 Å². The number of methoxy groups -OCH3 is 1. The van der Waals surface area contributed by atoms with Gasteiger partial charge in [-0.25, -0.2) is 9.18 Å². The standard InChI is InChI=1S/C19H17BrFNO3/c1-25-19(24)17(12-2-6-13(20)7-3-12)22-18(23)16-10-15(16)11-4-8-14(21)9-5-11/h2-9,15-17H,10H2,1H3,(H,22,23). The van der Waals surface area contributed by atoms with Crippen molar-refractivity contribution in [3.05, 3.63) is 69.9 Å². The number of esters is 1. The quantitative estimate of drug-likeness (QED) is 0.771. The van der Waals surface area contributed by atoms with Gasteiger partial charge < -0.3 is 10.1 Å². The Morgan fingerprint density at radius 2 is 1.80 bits per heavy atom. The number of amides is 1. The van der Waals surface area contributed by atoms with E-state index in [9.17, 15) is 14.0 Å². The van der Waals surface area contributed by atoms with E-state index < -0.39 is 12.0 Å². The van der Waals surface area contributed by atoms with Gasteiger partial charge in [-0.1, -0.05) is 40.2 Å². The maximum atomic E-state index is 13.0. The zero-order valence-corrected chi connectivity index (χ0v) is 15.1. The highest BCUT2D eigenvalue weighted by molar-refractivity contribution is 9.10. The summed E-state index contributed by atoms with van der Waals surface area (Å²) in [4.78, 5) is 24.6. The van der Waals surface area contributed by atoms with E-state index in [2.05, 4.69) is 21.2 Å². The average Bonchev–Trinajstić information content (AvgIpc) is 3.41. The van der Waals surface area contributed by atoms with E-state index in [1.807, 2.05) is 0 Å². The van der Waals surface area contributed by atoms with Crippen molar-refractivity contribution >= 4 is 27.8 Å². The summed E-state index contributed by atoms with van der Waals surface area (Å²) >= 11 is 3.34. The Labute approximate surface area is 153 Å². The molecule has 1 aliphatic carbocycles. The number of hydrogen-bond acceptors (Lipinski definition) is 3. The lowest BCUT2D eigenvalue weighted by Crippen LogP contribution is -2.35. The molecule has 0 heterocycles. The van der Waals surface area contributed by atoms with Crippen LogP contribution in [0.25, 0.3) is 0 Å². The summed E-state index contributed by atoms with van der Waals surface area (Å²) < 4.78 is 18.7. The van der Waals surface area contributed by atoms with Crippen LogP contribution in [0.5, 0.6) is 0 Å². The summed E-state index contributed by atoms with van der Waals surface area (Å²) in [6, 6.07) is 12.4. The number of carbonyl (C=O) groups excluding carboxylic acids is 2. The summed E-state index contributed by atoms with van der Waals surface area (Å²) in [7, 11) is 1.29. The molecule has 3 atom stereocenters. The van der Waals surface area contributed by atoms with Crippen LogP contribution in [0, 0.1) is 11.7 Å². The number of hydrogen-bond donors (Lipinski definition) is 1. The molecular weight excluding hydrogens is 389 g/mol. The third-order valence-corrected chi connectivity index (χ3v) is 4.88. The second kappa shape index (κ2) is 7.35. The first-order valence-corrected chi connectivity index (χ1v) is 8.68. The first-order valence-electron chi connectivity index (χ1n) is 7.88. The van der Waals surface area contributed by atoms with Crippen LogP contribution in [0.1, 0.15) is 29.5 Å². The Bertz CT molecular complexity index is 776. The van der Waals surface area contributed by atoms with Crippen molar-refractivity contribution in [1.82, 2.24) is 5.32 Å². The summed E-state index contributed by atoms with van der Waals surface area (Å²) in [6.07, 6.45) is 0.686. The molecule has 4 nitrogen and oxygen atoms in total. The molecule has 0 saturated heterocycles. The van der Waals surface area contributed by atoms with Crippen molar-refractivity contribution in [1.29, 1.82) is 0 Å². The summed E-state index contributed by atoms with van der Waals surface area (Å²) in [5, 5.41) is 2.77. The van der Waals surface area contributed by atoms with Gasteiger partial charge in [0.05, 0.1) is 7.11 Å². The van der Waals surface area contributed by atoms with Gasteiger partial charge in [0, 0.05) is 10.4 Å². The van der Waals surface area contributed by atoms with E-state index in [1.54, 1.807) is 36.4 Å². The molecule has 0 aromatic heterocycles. The van der Waals surface area contributed by atoms with E-state index in [4.69, 9.17) is 4.74 Å². The van der Waals surface area contributed by atoms with E-state index in [0.29, 0.717) is 12.0 Å². The SMILES string of the molecule is COC(=O)C(NC(=O)C1CC1c1ccc(F)cc1)c1ccc(Br)cc1. The van der Waals surface area contributed by atoms with Gasteiger partial charge in [-0.15, -0.1) is 0 Å². The second-order valence-electron chi connectivity index (χ2n) is 6.02. The maximum Gasteiger partial charge on any atom is 0.333 e. The van der Waals surface area contributed by atoms with E-state index >= 15 is 0 Å². The summed E-state index contributed by atoms with van der Waals surface area (Å²) in [5.41, 5.74) is 1.59. The first kappa shape index (κ1) is 17.6. The molecule has 1 amide bonds. The van der Waals surface area contributed by atoms with E-state index in [0.717, 1.165) is 10.0 Å². The number of rotatable bonds is 5. The normalized spacial score (nSPS) is 19.8. The fraction of sp³-hybridized carbons (Fsp3) is 0.263. The van der Waals surface area contributed by atoms with Gasteiger partial charge in [0.25, 0.3) is 0 Å². The van der Waals surface area contributed by atoms with Crippen LogP contribution in [0.15, 0.2) is 53.0 Å². The highest BCUT2D eigenvalue weighted by Crippen LogP contribution is 2.47. The van der Waals surface area contributed by atoms with Crippen LogP contribution in [0.2, 0.25) is 0 Å². The minimum absolute atomic E-state index is 0.0591. The molecule has 130 valence electrons. The van der Waals surface area contributed by atoms with Crippen LogP contribution in [-0.4, -0.2) is 19.0 Å². The van der Waals surface area contributed by atoms with E-state index in [-0.39, 0.29) is 23.6 Å². The van der Waals surface area contributed by atoms with Crippen LogP contribution in [0.3, 0.4) is 0 Å². The van der Waals surface area contributed by atoms with Crippen molar-refractivity contribution in [2.24, 2.45) is 5.92 Å². The van der Waals surface area contributed by atoms with Gasteiger partial charge in [0.15, 0.2) is 6.04 Å². The number of benzene rings is 2. The van der Waals surface area contributed by atoms with Gasteiger partial charge in [-0.3, -0.25) is 4.79 Å². The van der Waals surface area contributed by atoms with Gasteiger partial charge in [-0.05, 0) is 47.7 Å². The molecule has 0 aliphatic heterocycles. The minimum Gasteiger partial charge on any atom is -0.467 e. The zero-order valence-electron chi connectivity index (χ0n) is 13.5. The monoisotopic (exact) mass is 405 g/mol. The molecule has 3 rings (SSSR count). The van der Waals surface area contributed by atoms with Gasteiger partial charge in [-0.2, -0.15) is 0 Å². The Balaban J connectivity index is 1.70. The first-order chi connectivity index (χ1) is 12.0. The summed E-state index contributed by atoms with van der Waals surface area (Å²) in [6.45, 7) is 0. The fourth-order valence-corrected chi connectivity index (χ4v) is 3.13. The molecule has 1 N–H and O–H groups in total. The number of carbonyl (C=O) groups is 2. The molecule has 3 unspecified atom stereocenters. The number of ether oxygens (including phenoxy) is 1. The minimum atomic E-state index is -0.847. The largest absolute Gasteiger partial charge is 0.467 e. The molecule has 6 heteroatoms. The fourth-order valence-electron chi connectivity index (χ4n) is 2.86. The van der Waals surface area contributed by atoms with Crippen molar-refractivity contribution in [2.45, 2.75) is 18.4 Å². The molecule has 1 aliphatic rings.